The Bertz CT molecular complexity index is 541. The molecule has 2 N–H and O–H groups in total. The molecule has 5 nitrogen and oxygen atoms in total. The van der Waals surface area contributed by atoms with Crippen LogP contribution < -0.4 is 14.8 Å². The normalized spacial score (nSPS) is 19.3. The Labute approximate surface area is 124 Å². The monoisotopic (exact) mass is 291 g/mol. The lowest BCUT2D eigenvalue weighted by atomic mass is 9.93. The largest absolute Gasteiger partial charge is 0.480 e. The third-order valence-corrected chi connectivity index (χ3v) is 4.30. The molecule has 114 valence electrons. The molecule has 0 aromatic heterocycles. The highest BCUT2D eigenvalue weighted by Crippen LogP contribution is 2.33. The summed E-state index contributed by atoms with van der Waals surface area (Å²) in [7, 11) is 0. The molecule has 0 amide bonds. The fourth-order valence-electron chi connectivity index (χ4n) is 2.45. The van der Waals surface area contributed by atoms with E-state index in [1.165, 1.54) is 12.8 Å². The van der Waals surface area contributed by atoms with Gasteiger partial charge in [-0.2, -0.15) is 0 Å². The van der Waals surface area contributed by atoms with E-state index in [0.29, 0.717) is 18.8 Å². The summed E-state index contributed by atoms with van der Waals surface area (Å²) in [5, 5.41) is 12.7. The molecule has 1 heterocycles. The highest BCUT2D eigenvalue weighted by Gasteiger charge is 2.34. The van der Waals surface area contributed by atoms with E-state index in [9.17, 15) is 9.90 Å². The van der Waals surface area contributed by atoms with Crippen molar-refractivity contribution in [1.82, 2.24) is 5.32 Å². The molecule has 1 atom stereocenters. The number of rotatable bonds is 7. The third-order valence-electron chi connectivity index (χ3n) is 4.30. The number of hydrogen-bond acceptors (Lipinski definition) is 4. The molecule has 3 rings (SSSR count). The maximum Gasteiger partial charge on any atom is 0.323 e. The van der Waals surface area contributed by atoms with E-state index in [-0.39, 0.29) is 6.79 Å². The number of carboxylic acid groups (broad SMARTS) is 1. The molecule has 0 saturated heterocycles. The van der Waals surface area contributed by atoms with Crippen molar-refractivity contribution in [3.05, 3.63) is 23.8 Å². The fraction of sp³-hybridized carbons (Fsp3) is 0.562. The first-order valence-electron chi connectivity index (χ1n) is 7.44. The Balaban J connectivity index is 1.61. The summed E-state index contributed by atoms with van der Waals surface area (Å²) in [5.41, 5.74) is 0.193. The lowest BCUT2D eigenvalue weighted by Gasteiger charge is -2.26. The zero-order valence-corrected chi connectivity index (χ0v) is 12.2. The van der Waals surface area contributed by atoms with E-state index in [2.05, 4.69) is 5.32 Å². The summed E-state index contributed by atoms with van der Waals surface area (Å²) in [4.78, 5) is 11.6. The van der Waals surface area contributed by atoms with Gasteiger partial charge in [0, 0.05) is 0 Å². The van der Waals surface area contributed by atoms with Crippen molar-refractivity contribution in [2.24, 2.45) is 5.92 Å². The minimum Gasteiger partial charge on any atom is -0.480 e. The second kappa shape index (κ2) is 5.56. The number of benzene rings is 1. The third kappa shape index (κ3) is 3.29. The molecule has 0 bridgehead atoms. The van der Waals surface area contributed by atoms with Gasteiger partial charge < -0.3 is 19.9 Å². The number of carboxylic acids is 1. The Hall–Kier alpha value is -1.75. The number of aliphatic carboxylic acids is 1. The van der Waals surface area contributed by atoms with Gasteiger partial charge in [-0.3, -0.25) is 4.79 Å². The second-order valence-electron chi connectivity index (χ2n) is 6.15. The van der Waals surface area contributed by atoms with Gasteiger partial charge in [-0.05, 0) is 62.8 Å². The van der Waals surface area contributed by atoms with E-state index < -0.39 is 11.5 Å². The van der Waals surface area contributed by atoms with Crippen LogP contribution in [0.1, 0.15) is 31.7 Å². The molecule has 1 aromatic carbocycles. The first kappa shape index (κ1) is 14.2. The van der Waals surface area contributed by atoms with E-state index in [4.69, 9.17) is 9.47 Å². The topological polar surface area (TPSA) is 67.8 Å². The van der Waals surface area contributed by atoms with Gasteiger partial charge in [0.25, 0.3) is 0 Å². The van der Waals surface area contributed by atoms with E-state index in [1.807, 2.05) is 18.2 Å². The van der Waals surface area contributed by atoms with E-state index in [0.717, 1.165) is 23.6 Å². The van der Waals surface area contributed by atoms with Crippen LogP contribution in [0, 0.1) is 5.92 Å². The summed E-state index contributed by atoms with van der Waals surface area (Å²) in [6.07, 6.45) is 3.67. The van der Waals surface area contributed by atoms with Crippen molar-refractivity contribution >= 4 is 5.97 Å². The van der Waals surface area contributed by atoms with Crippen LogP contribution in [-0.4, -0.2) is 30.0 Å². The summed E-state index contributed by atoms with van der Waals surface area (Å²) >= 11 is 0. The van der Waals surface area contributed by atoms with Gasteiger partial charge in [0.05, 0.1) is 0 Å². The number of carbonyl (C=O) groups is 1. The molecular formula is C16H21NO4. The van der Waals surface area contributed by atoms with Crippen LogP contribution in [0.2, 0.25) is 0 Å². The number of fused-ring (bicyclic) bond motifs is 1. The Morgan fingerprint density at radius 2 is 2.14 bits per heavy atom. The lowest BCUT2D eigenvalue weighted by molar-refractivity contribution is -0.144. The molecule has 5 heteroatoms. The number of ether oxygens (including phenoxy) is 2. The van der Waals surface area contributed by atoms with Gasteiger partial charge in [-0.25, -0.2) is 0 Å². The first-order chi connectivity index (χ1) is 10.1. The molecule has 1 fully saturated rings. The average molecular weight is 291 g/mol. The molecule has 1 unspecified atom stereocenters. The van der Waals surface area contributed by atoms with Crippen molar-refractivity contribution in [2.75, 3.05) is 13.3 Å². The molecule has 2 aliphatic rings. The molecule has 1 aliphatic carbocycles. The predicted molar refractivity (Wildman–Crippen MR) is 77.7 cm³/mol. The highest BCUT2D eigenvalue weighted by molar-refractivity contribution is 5.78. The lowest BCUT2D eigenvalue weighted by Crippen LogP contribution is -2.50. The average Bonchev–Trinajstić information content (AvgIpc) is 3.18. The van der Waals surface area contributed by atoms with Crippen LogP contribution in [0.25, 0.3) is 0 Å². The highest BCUT2D eigenvalue weighted by atomic mass is 16.7. The summed E-state index contributed by atoms with van der Waals surface area (Å²) in [6, 6.07) is 5.79. The van der Waals surface area contributed by atoms with Crippen molar-refractivity contribution < 1.29 is 19.4 Å². The van der Waals surface area contributed by atoms with Crippen LogP contribution in [0.4, 0.5) is 0 Å². The van der Waals surface area contributed by atoms with Gasteiger partial charge in [-0.1, -0.05) is 6.07 Å². The SMILES string of the molecule is CC(CCc1ccc2c(c1)OCO2)(NCC1CC1)C(=O)O. The maximum atomic E-state index is 11.6. The Morgan fingerprint density at radius 3 is 2.86 bits per heavy atom. The summed E-state index contributed by atoms with van der Waals surface area (Å²) in [6.45, 7) is 2.82. The van der Waals surface area contributed by atoms with Crippen molar-refractivity contribution in [3.8, 4) is 11.5 Å². The van der Waals surface area contributed by atoms with Crippen molar-refractivity contribution in [1.29, 1.82) is 0 Å². The molecule has 21 heavy (non-hydrogen) atoms. The standard InChI is InChI=1S/C16H21NO4/c1-16(15(18)19,17-9-12-2-3-12)7-6-11-4-5-13-14(8-11)21-10-20-13/h4-5,8,12,17H,2-3,6-7,9-10H2,1H3,(H,18,19). The van der Waals surface area contributed by atoms with Crippen LogP contribution in [-0.2, 0) is 11.2 Å². The second-order valence-corrected chi connectivity index (χ2v) is 6.15. The molecule has 1 aliphatic heterocycles. The van der Waals surface area contributed by atoms with Gasteiger partial charge in [0.1, 0.15) is 5.54 Å². The van der Waals surface area contributed by atoms with Gasteiger partial charge >= 0.3 is 5.97 Å². The number of aryl methyl sites for hydroxylation is 1. The zero-order valence-electron chi connectivity index (χ0n) is 12.2. The van der Waals surface area contributed by atoms with Crippen LogP contribution in [0.3, 0.4) is 0 Å². The minimum absolute atomic E-state index is 0.259. The summed E-state index contributed by atoms with van der Waals surface area (Å²) in [5.74, 6) is 1.38. The maximum absolute atomic E-state index is 11.6. The summed E-state index contributed by atoms with van der Waals surface area (Å²) < 4.78 is 10.6. The Kier molecular flexibility index (Phi) is 3.76. The van der Waals surface area contributed by atoms with Gasteiger partial charge in [0.15, 0.2) is 11.5 Å². The quantitative estimate of drug-likeness (QED) is 0.806. The first-order valence-corrected chi connectivity index (χ1v) is 7.44. The molecule has 1 saturated carbocycles. The predicted octanol–water partition coefficient (Wildman–Crippen LogP) is 2.19. The number of nitrogens with one attached hydrogen (secondary N) is 1. The van der Waals surface area contributed by atoms with Crippen molar-refractivity contribution in [3.63, 3.8) is 0 Å². The van der Waals surface area contributed by atoms with Gasteiger partial charge in [0.2, 0.25) is 6.79 Å². The van der Waals surface area contributed by atoms with Crippen LogP contribution >= 0.6 is 0 Å². The van der Waals surface area contributed by atoms with Crippen LogP contribution in [0.15, 0.2) is 18.2 Å². The molecule has 0 radical (unpaired) electrons. The molecule has 1 aromatic rings. The molecule has 0 spiro atoms. The van der Waals surface area contributed by atoms with E-state index in [1.54, 1.807) is 6.92 Å². The smallest absolute Gasteiger partial charge is 0.323 e. The van der Waals surface area contributed by atoms with E-state index >= 15 is 0 Å². The zero-order chi connectivity index (χ0) is 14.9. The van der Waals surface area contributed by atoms with Crippen LogP contribution in [0.5, 0.6) is 11.5 Å². The van der Waals surface area contributed by atoms with Gasteiger partial charge in [-0.15, -0.1) is 0 Å². The Morgan fingerprint density at radius 1 is 1.38 bits per heavy atom. The fourth-order valence-corrected chi connectivity index (χ4v) is 2.45. The minimum atomic E-state index is -0.876. The molecular weight excluding hydrogens is 270 g/mol. The van der Waals surface area contributed by atoms with Crippen molar-refractivity contribution in [2.45, 2.75) is 38.1 Å². The number of hydrogen-bond donors (Lipinski definition) is 2.